The Hall–Kier alpha value is -2.59. The molecule has 0 fully saturated rings. The zero-order valence-corrected chi connectivity index (χ0v) is 33.8. The molecule has 0 bridgehead atoms. The van der Waals surface area contributed by atoms with E-state index in [-0.39, 0.29) is 44.1 Å². The summed E-state index contributed by atoms with van der Waals surface area (Å²) in [4.78, 5) is 11.7. The van der Waals surface area contributed by atoms with Crippen LogP contribution in [-0.4, -0.2) is 19.3 Å². The van der Waals surface area contributed by atoms with Crippen LogP contribution in [0.2, 0.25) is 0 Å². The molecule has 1 aromatic heterocycles. The Kier molecular flexibility index (Phi) is 12.8. The van der Waals surface area contributed by atoms with Gasteiger partial charge in [0.2, 0.25) is 0 Å². The first kappa shape index (κ1) is 40.2. The van der Waals surface area contributed by atoms with Crippen LogP contribution in [0.1, 0.15) is 143 Å². The van der Waals surface area contributed by atoms with Gasteiger partial charge in [-0.15, -0.1) is 0 Å². The number of benzene rings is 3. The van der Waals surface area contributed by atoms with Gasteiger partial charge in [-0.25, -0.2) is 0 Å². The van der Waals surface area contributed by atoms with E-state index in [1.165, 1.54) is 16.1 Å². The number of carbonyl (C=O) groups excluding carboxylic acids is 1. The van der Waals surface area contributed by atoms with Crippen molar-refractivity contribution < 1.29 is 46.0 Å². The molecule has 0 radical (unpaired) electrons. The number of aryl methyl sites for hydroxylation is 1. The number of imidazole rings is 1. The normalized spacial score (nSPS) is 13.4. The monoisotopic (exact) mass is 942 g/mol. The number of carbonyl (C=O) groups is 1. The summed E-state index contributed by atoms with van der Waals surface area (Å²) < 4.78 is 76.9. The predicted octanol–water partition coefficient (Wildman–Crippen LogP) is 13.0. The Balaban J connectivity index is 2.15. The van der Waals surface area contributed by atoms with Crippen LogP contribution in [0.3, 0.4) is 0 Å². The van der Waals surface area contributed by atoms with Gasteiger partial charge in [-0.1, -0.05) is 0 Å². The quantitative estimate of drug-likeness (QED) is 0.0790. The summed E-state index contributed by atoms with van der Waals surface area (Å²) in [6.07, 6.45) is -0.188. The number of Topliss-reactive ketones (excluding diaryl/α,β-unsaturated/α-hetero) is 1. The van der Waals surface area contributed by atoms with Crippen LogP contribution in [0.5, 0.6) is 0 Å². The topological polar surface area (TPSA) is 26.9 Å². The molecule has 0 aliphatic heterocycles. The number of ketones is 1. The second-order valence-electron chi connectivity index (χ2n) is 14.0. The molecule has 0 amide bonds. The van der Waals surface area contributed by atoms with E-state index in [1.807, 2.05) is 91.8 Å². The molecule has 0 saturated heterocycles. The van der Waals surface area contributed by atoms with Crippen molar-refractivity contribution in [3.63, 3.8) is 0 Å². The first-order chi connectivity index (χ1) is 23.3. The average molecular weight is 944 g/mol. The van der Waals surface area contributed by atoms with Gasteiger partial charge in [0, 0.05) is 0 Å². The van der Waals surface area contributed by atoms with Crippen LogP contribution >= 0.6 is 15.9 Å². The Morgan fingerprint density at radius 1 is 0.700 bits per heavy atom. The standard InChI is InChI=1S/C39H47BrF2N2O.CF3.Au/c1-24(2)31-14-10-15-32(25(3)4)35(31)43-23-44(36-33(26(5)6)16-11-17-34(36)27(7)8)38(40)37(43)39(41,42)22-12-13-29-18-20-30(21-19-29)28(9)45;2-1(3)4;/h10-11,14-21,24-27H,12-13,22H2,1-9H3;;. The van der Waals surface area contributed by atoms with Gasteiger partial charge < -0.3 is 0 Å². The molecule has 276 valence electrons. The van der Waals surface area contributed by atoms with Crippen molar-refractivity contribution in [2.24, 2.45) is 0 Å². The molecule has 0 aliphatic carbocycles. The minimum atomic E-state index is -4.61. The summed E-state index contributed by atoms with van der Waals surface area (Å²) in [6.45, 7) is 17.1. The van der Waals surface area contributed by atoms with E-state index in [0.29, 0.717) is 34.5 Å². The molecule has 50 heavy (non-hydrogen) atoms. The van der Waals surface area contributed by atoms with Crippen molar-refractivity contribution >= 4 is 21.7 Å². The van der Waals surface area contributed by atoms with Gasteiger partial charge in [0.25, 0.3) is 0 Å². The summed E-state index contributed by atoms with van der Waals surface area (Å²) in [6, 6.07) is 18.1. The fourth-order valence-electron chi connectivity index (χ4n) is 6.37. The van der Waals surface area contributed by atoms with Crippen molar-refractivity contribution in [1.29, 1.82) is 0 Å². The predicted molar refractivity (Wildman–Crippen MR) is 192 cm³/mol. The van der Waals surface area contributed by atoms with Crippen molar-refractivity contribution in [1.82, 2.24) is 9.13 Å². The van der Waals surface area contributed by atoms with Crippen LogP contribution in [0.15, 0.2) is 65.3 Å². The van der Waals surface area contributed by atoms with Gasteiger partial charge in [0.15, 0.2) is 0 Å². The fraction of sp³-hybridized carbons (Fsp3) is 0.450. The fourth-order valence-corrected chi connectivity index (χ4v) is 9.50. The van der Waals surface area contributed by atoms with Crippen molar-refractivity contribution in [3.8, 4) is 11.4 Å². The number of rotatable bonds is 12. The Bertz CT molecular complexity index is 1850. The molecule has 4 rings (SSSR count). The van der Waals surface area contributed by atoms with Crippen LogP contribution in [0.25, 0.3) is 11.4 Å². The molecule has 3 nitrogen and oxygen atoms in total. The summed E-state index contributed by atoms with van der Waals surface area (Å²) in [5.74, 6) is -4.08. The maximum absolute atomic E-state index is 17.2. The number of para-hydroxylation sites is 2. The Labute approximate surface area is 310 Å². The molecule has 3 aromatic carbocycles. The van der Waals surface area contributed by atoms with Crippen LogP contribution in [-0.2, 0) is 31.6 Å². The number of alkyl halides is 5. The number of aromatic nitrogens is 2. The summed E-state index contributed by atoms with van der Waals surface area (Å²) >= 11 is 0.908. The summed E-state index contributed by atoms with van der Waals surface area (Å²) in [5, 5.41) is 0. The second-order valence-corrected chi connectivity index (χ2v) is 17.5. The Morgan fingerprint density at radius 2 is 1.12 bits per heavy atom. The molecule has 0 N–H and O–H groups in total. The zero-order valence-electron chi connectivity index (χ0n) is 30.1. The molecule has 0 spiro atoms. The van der Waals surface area contributed by atoms with Gasteiger partial charge in [-0.05, 0) is 6.92 Å². The van der Waals surface area contributed by atoms with E-state index in [2.05, 4.69) is 15.9 Å². The molecule has 0 aliphatic rings. The molecule has 0 unspecified atom stereocenters. The molecule has 1 heterocycles. The zero-order chi connectivity index (χ0) is 37.3. The van der Waals surface area contributed by atoms with Gasteiger partial charge in [0.1, 0.15) is 0 Å². The third-order valence-corrected chi connectivity index (χ3v) is 11.7. The summed E-state index contributed by atoms with van der Waals surface area (Å²) in [5.41, 5.74) is 4.78. The van der Waals surface area contributed by atoms with Gasteiger partial charge >= 0.3 is 300 Å². The first-order valence-corrected chi connectivity index (χ1v) is 20.0. The van der Waals surface area contributed by atoms with Crippen LogP contribution in [0.4, 0.5) is 22.0 Å². The van der Waals surface area contributed by atoms with E-state index < -0.39 is 41.7 Å². The van der Waals surface area contributed by atoms with E-state index in [0.717, 1.165) is 16.7 Å². The number of halogens is 6. The molecular formula is C40H47AuBrF5N2O. The van der Waals surface area contributed by atoms with Crippen LogP contribution < -0.4 is 0 Å². The number of hydrogen-bond donors (Lipinski definition) is 0. The maximum atomic E-state index is 17.2. The summed E-state index contributed by atoms with van der Waals surface area (Å²) in [7, 11) is 0. The third-order valence-electron chi connectivity index (χ3n) is 8.90. The number of nitrogens with zero attached hydrogens (tertiary/aromatic N) is 2. The van der Waals surface area contributed by atoms with E-state index in [9.17, 15) is 18.0 Å². The van der Waals surface area contributed by atoms with Crippen molar-refractivity contribution in [2.75, 3.05) is 0 Å². The molecule has 0 saturated carbocycles. The third kappa shape index (κ3) is 8.71. The van der Waals surface area contributed by atoms with Crippen LogP contribution in [0, 0.1) is 3.63 Å². The second kappa shape index (κ2) is 16.0. The first-order valence-electron chi connectivity index (χ1n) is 17.0. The minimum absolute atomic E-state index is 0.0629. The Morgan fingerprint density at radius 3 is 1.50 bits per heavy atom. The van der Waals surface area contributed by atoms with Gasteiger partial charge in [-0.2, -0.15) is 0 Å². The van der Waals surface area contributed by atoms with Gasteiger partial charge in [0.05, 0.1) is 0 Å². The van der Waals surface area contributed by atoms with E-state index in [1.54, 1.807) is 24.3 Å². The SMILES string of the molecule is CC(=O)c1ccc(CCCC(F)(F)c2c(Br)n(-c3c(C(C)C)cccc3C(C)C)[c](=[Au][C](F)(F)F)n2-c2c(C(C)C)cccc2C(C)C)cc1. The number of hydrogen-bond acceptors (Lipinski definition) is 1. The van der Waals surface area contributed by atoms with Crippen molar-refractivity contribution in [3.05, 3.63) is 108 Å². The molecule has 0 atom stereocenters. The van der Waals surface area contributed by atoms with Crippen molar-refractivity contribution in [2.45, 2.75) is 116 Å². The molecule has 10 heteroatoms. The molecular weight excluding hydrogens is 896 g/mol. The molecule has 4 aromatic rings. The average Bonchev–Trinajstić information content (AvgIpc) is 3.30. The van der Waals surface area contributed by atoms with Gasteiger partial charge in [-0.3, -0.25) is 4.79 Å². The van der Waals surface area contributed by atoms with E-state index in [4.69, 9.17) is 0 Å². The van der Waals surface area contributed by atoms with E-state index >= 15 is 8.78 Å².